The van der Waals surface area contributed by atoms with Gasteiger partial charge in [-0.25, -0.2) is 4.68 Å². The van der Waals surface area contributed by atoms with Crippen molar-refractivity contribution >= 4 is 17.7 Å². The van der Waals surface area contributed by atoms with E-state index in [2.05, 4.69) is 20.4 Å². The molecule has 10 nitrogen and oxygen atoms in total. The SMILES string of the molecule is CCCc1ccc([C@@H](Oc2cc(N3CCC4(CC3)CNC(C(=O)O)C4)nc(N)n2)C(F)(F)F)c(-n2ccc(C)n2)c1. The van der Waals surface area contributed by atoms with Gasteiger partial charge in [-0.3, -0.25) is 4.79 Å². The van der Waals surface area contributed by atoms with Crippen molar-refractivity contribution in [1.82, 2.24) is 25.1 Å². The number of aliphatic carboxylic acids is 1. The van der Waals surface area contributed by atoms with E-state index in [0.717, 1.165) is 12.0 Å². The van der Waals surface area contributed by atoms with Crippen molar-refractivity contribution < 1.29 is 27.8 Å². The second kappa shape index (κ2) is 11.2. The van der Waals surface area contributed by atoms with E-state index in [0.29, 0.717) is 56.8 Å². The molecule has 1 spiro atoms. The molecule has 2 atom stereocenters. The van der Waals surface area contributed by atoms with Gasteiger partial charge in [0.05, 0.1) is 11.4 Å². The van der Waals surface area contributed by atoms with Crippen molar-refractivity contribution in [3.05, 3.63) is 53.3 Å². The summed E-state index contributed by atoms with van der Waals surface area (Å²) in [5.74, 6) is -0.984. The highest BCUT2D eigenvalue weighted by molar-refractivity contribution is 5.74. The summed E-state index contributed by atoms with van der Waals surface area (Å²) >= 11 is 0. The zero-order chi connectivity index (χ0) is 29.4. The Morgan fingerprint density at radius 2 is 2.00 bits per heavy atom. The van der Waals surface area contributed by atoms with Crippen molar-refractivity contribution in [3.63, 3.8) is 0 Å². The third-order valence-electron chi connectivity index (χ3n) is 7.93. The van der Waals surface area contributed by atoms with E-state index < -0.39 is 24.3 Å². The van der Waals surface area contributed by atoms with Crippen molar-refractivity contribution in [1.29, 1.82) is 0 Å². The van der Waals surface area contributed by atoms with Gasteiger partial charge in [0.15, 0.2) is 0 Å². The first-order chi connectivity index (χ1) is 19.5. The Bertz CT molecular complexity index is 1400. The highest BCUT2D eigenvalue weighted by Gasteiger charge is 2.46. The summed E-state index contributed by atoms with van der Waals surface area (Å²) in [6, 6.07) is 7.36. The molecule has 41 heavy (non-hydrogen) atoms. The zero-order valence-electron chi connectivity index (χ0n) is 23.0. The van der Waals surface area contributed by atoms with E-state index in [9.17, 15) is 23.1 Å². The average molecular weight is 574 g/mol. The molecule has 1 aromatic carbocycles. The summed E-state index contributed by atoms with van der Waals surface area (Å²) in [6.45, 7) is 5.48. The predicted octanol–water partition coefficient (Wildman–Crippen LogP) is 4.22. The van der Waals surface area contributed by atoms with Gasteiger partial charge in [0.1, 0.15) is 11.9 Å². The number of halogens is 3. The maximum Gasteiger partial charge on any atom is 0.429 e. The third-order valence-corrected chi connectivity index (χ3v) is 7.93. The van der Waals surface area contributed by atoms with Crippen LogP contribution in [0.2, 0.25) is 0 Å². The number of carboxylic acid groups (broad SMARTS) is 1. The van der Waals surface area contributed by atoms with Gasteiger partial charge in [-0.2, -0.15) is 28.2 Å². The number of aryl methyl sites for hydroxylation is 2. The Balaban J connectivity index is 1.41. The summed E-state index contributed by atoms with van der Waals surface area (Å²) in [6.07, 6.45) is -1.96. The number of aromatic nitrogens is 4. The number of nitrogens with one attached hydrogen (secondary N) is 1. The van der Waals surface area contributed by atoms with Crippen LogP contribution in [-0.4, -0.2) is 62.7 Å². The number of hydrogen-bond donors (Lipinski definition) is 3. The van der Waals surface area contributed by atoms with E-state index >= 15 is 0 Å². The van der Waals surface area contributed by atoms with Gasteiger partial charge in [0.2, 0.25) is 17.9 Å². The molecule has 2 aliphatic rings. The fourth-order valence-corrected chi connectivity index (χ4v) is 5.77. The van der Waals surface area contributed by atoms with Gasteiger partial charge in [-0.15, -0.1) is 0 Å². The first-order valence-electron chi connectivity index (χ1n) is 13.7. The Labute approximate surface area is 235 Å². The van der Waals surface area contributed by atoms with Crippen LogP contribution in [0.1, 0.15) is 55.5 Å². The molecule has 220 valence electrons. The number of carbonyl (C=O) groups is 1. The molecule has 2 fully saturated rings. The average Bonchev–Trinajstić information content (AvgIpc) is 3.54. The Morgan fingerprint density at radius 3 is 2.61 bits per heavy atom. The van der Waals surface area contributed by atoms with Gasteiger partial charge < -0.3 is 25.8 Å². The first kappa shape index (κ1) is 28.7. The number of carboxylic acids is 1. The fourth-order valence-electron chi connectivity index (χ4n) is 5.77. The van der Waals surface area contributed by atoms with Gasteiger partial charge in [0.25, 0.3) is 0 Å². The summed E-state index contributed by atoms with van der Waals surface area (Å²) in [4.78, 5) is 21.6. The molecule has 3 aromatic rings. The van der Waals surface area contributed by atoms with Gasteiger partial charge >= 0.3 is 12.1 Å². The Kier molecular flexibility index (Phi) is 7.82. The van der Waals surface area contributed by atoms with E-state index in [4.69, 9.17) is 10.5 Å². The van der Waals surface area contributed by atoms with Crippen LogP contribution in [0.5, 0.6) is 5.88 Å². The lowest BCUT2D eigenvalue weighted by Gasteiger charge is -2.39. The van der Waals surface area contributed by atoms with Crippen molar-refractivity contribution in [2.24, 2.45) is 5.41 Å². The molecule has 13 heteroatoms. The number of nitrogens with zero attached hydrogens (tertiary/aromatic N) is 5. The third kappa shape index (κ3) is 6.24. The fraction of sp³-hybridized carbons (Fsp3) is 0.500. The van der Waals surface area contributed by atoms with Crippen LogP contribution >= 0.6 is 0 Å². The Hall–Kier alpha value is -3.87. The normalized spacial score (nSPS) is 19.4. The van der Waals surface area contributed by atoms with E-state index in [-0.39, 0.29) is 28.5 Å². The molecule has 2 saturated heterocycles. The molecule has 0 aliphatic carbocycles. The number of nitrogens with two attached hydrogens (primary N) is 1. The minimum atomic E-state index is -4.77. The van der Waals surface area contributed by atoms with Crippen LogP contribution in [0.25, 0.3) is 5.69 Å². The van der Waals surface area contributed by atoms with Crippen LogP contribution < -0.4 is 20.7 Å². The molecule has 1 unspecified atom stereocenters. The number of ether oxygens (including phenoxy) is 1. The van der Waals surface area contributed by atoms with Crippen LogP contribution in [0.15, 0.2) is 36.5 Å². The number of anilines is 2. The van der Waals surface area contributed by atoms with Crippen LogP contribution in [0.3, 0.4) is 0 Å². The number of benzene rings is 1. The van der Waals surface area contributed by atoms with E-state index in [1.54, 1.807) is 31.3 Å². The lowest BCUT2D eigenvalue weighted by atomic mass is 9.76. The molecular formula is C28H34F3N7O3. The number of piperidine rings is 1. The molecule has 4 heterocycles. The van der Waals surface area contributed by atoms with Crippen LogP contribution in [-0.2, 0) is 11.2 Å². The topological polar surface area (TPSA) is 131 Å². The van der Waals surface area contributed by atoms with E-state index in [1.807, 2.05) is 11.8 Å². The molecule has 0 radical (unpaired) electrons. The largest absolute Gasteiger partial charge is 0.480 e. The lowest BCUT2D eigenvalue weighted by Crippen LogP contribution is -2.41. The summed E-state index contributed by atoms with van der Waals surface area (Å²) in [5.41, 5.74) is 7.54. The molecule has 0 bridgehead atoms. The molecular weight excluding hydrogens is 539 g/mol. The molecule has 5 rings (SSSR count). The second-order valence-electron chi connectivity index (χ2n) is 11.0. The van der Waals surface area contributed by atoms with Crippen molar-refractivity contribution in [2.45, 2.75) is 64.3 Å². The second-order valence-corrected chi connectivity index (χ2v) is 11.0. The Morgan fingerprint density at radius 1 is 1.24 bits per heavy atom. The maximum atomic E-state index is 14.6. The minimum absolute atomic E-state index is 0.0965. The smallest absolute Gasteiger partial charge is 0.429 e. The molecule has 4 N–H and O–H groups in total. The zero-order valence-corrected chi connectivity index (χ0v) is 23.0. The summed E-state index contributed by atoms with van der Waals surface area (Å²) in [7, 11) is 0. The maximum absolute atomic E-state index is 14.6. The van der Waals surface area contributed by atoms with Gasteiger partial charge in [-0.05, 0) is 55.7 Å². The quantitative estimate of drug-likeness (QED) is 0.362. The summed E-state index contributed by atoms with van der Waals surface area (Å²) in [5, 5.41) is 16.8. The number of rotatable bonds is 8. The highest BCUT2D eigenvalue weighted by Crippen LogP contribution is 2.42. The summed E-state index contributed by atoms with van der Waals surface area (Å²) < 4.78 is 50.7. The predicted molar refractivity (Wildman–Crippen MR) is 146 cm³/mol. The monoisotopic (exact) mass is 573 g/mol. The molecule has 0 saturated carbocycles. The standard InChI is InChI=1S/C28H34F3N7O3/c1-3-4-18-5-6-19(21(13-18)38-10-7-17(2)36-38)24(28(29,30)31)41-23-14-22(34-26(32)35-23)37-11-8-27(9-12-37)15-20(25(39)40)33-16-27/h5-7,10,13-14,20,24,33H,3-4,8-9,11-12,15-16H2,1-2H3,(H,39,40)(H2,32,34,35)/t20?,24-/m1/s1. The molecule has 0 amide bonds. The first-order valence-corrected chi connectivity index (χ1v) is 13.7. The number of hydrogen-bond acceptors (Lipinski definition) is 8. The minimum Gasteiger partial charge on any atom is -0.480 e. The van der Waals surface area contributed by atoms with Gasteiger partial charge in [-0.1, -0.05) is 25.5 Å². The van der Waals surface area contributed by atoms with Crippen molar-refractivity contribution in [3.8, 4) is 11.6 Å². The molecule has 2 aromatic heterocycles. The van der Waals surface area contributed by atoms with Gasteiger partial charge in [0, 0.05) is 37.5 Å². The lowest BCUT2D eigenvalue weighted by molar-refractivity contribution is -0.198. The molecule has 2 aliphatic heterocycles. The van der Waals surface area contributed by atoms with E-state index in [1.165, 1.54) is 16.8 Å². The van der Waals surface area contributed by atoms with Crippen molar-refractivity contribution in [2.75, 3.05) is 30.3 Å². The number of alkyl halides is 3. The van der Waals surface area contributed by atoms with Crippen LogP contribution in [0, 0.1) is 12.3 Å². The highest BCUT2D eigenvalue weighted by atomic mass is 19.4. The van der Waals surface area contributed by atoms with Crippen LogP contribution in [0.4, 0.5) is 24.9 Å². The number of nitrogen functional groups attached to an aromatic ring is 1.